The van der Waals surface area contributed by atoms with Gasteiger partial charge in [-0.15, -0.1) is 10.2 Å². The van der Waals surface area contributed by atoms with Crippen molar-refractivity contribution in [2.75, 3.05) is 0 Å². The highest BCUT2D eigenvalue weighted by atomic mass is 35.7. The van der Waals surface area contributed by atoms with Crippen LogP contribution in [0.15, 0.2) is 91.4 Å². The lowest BCUT2D eigenvalue weighted by molar-refractivity contribution is -2.00. The van der Waals surface area contributed by atoms with Crippen LogP contribution in [-0.4, -0.2) is 4.40 Å². The monoisotopic (exact) mass is 408 g/mol. The average molecular weight is 409 g/mol. The van der Waals surface area contributed by atoms with Crippen molar-refractivity contribution in [1.82, 2.24) is 4.40 Å². The number of imidazole rings is 1. The Morgan fingerprint density at radius 3 is 2.00 bits per heavy atom. The zero-order valence-corrected chi connectivity index (χ0v) is 16.0. The number of fused-ring (bicyclic) bond motifs is 3. The molecule has 0 aliphatic carbocycles. The quantitative estimate of drug-likeness (QED) is 0.378. The molecule has 3 aromatic carbocycles. The maximum atomic E-state index is 8.49. The van der Waals surface area contributed by atoms with E-state index in [4.69, 9.17) is 18.6 Å². The summed E-state index contributed by atoms with van der Waals surface area (Å²) in [5.41, 5.74) is 2.53. The Hall–Kier alpha value is -3.00. The minimum atomic E-state index is -4.94. The minimum Gasteiger partial charge on any atom is -0.226 e. The summed E-state index contributed by atoms with van der Waals surface area (Å²) in [7, 11) is -4.94. The van der Waals surface area contributed by atoms with Crippen LogP contribution in [0.4, 0.5) is 0 Å². The maximum absolute atomic E-state index is 8.49. The summed E-state index contributed by atoms with van der Waals surface area (Å²) in [5.74, 6) is 0. The summed E-state index contributed by atoms with van der Waals surface area (Å²) in [6, 6.07) is 26.0. The number of aromatic nitrogens is 2. The molecule has 7 heteroatoms. The molecule has 0 atom stereocenters. The molecule has 0 unspecified atom stereocenters. The molecule has 6 nitrogen and oxygen atoms in total. The van der Waals surface area contributed by atoms with Crippen LogP contribution in [0, 0.1) is 10.2 Å². The molecular weight excluding hydrogens is 392 g/mol. The highest BCUT2D eigenvalue weighted by Crippen LogP contribution is 2.17. The first-order chi connectivity index (χ1) is 13.9. The Labute approximate surface area is 168 Å². The van der Waals surface area contributed by atoms with Crippen LogP contribution in [0.5, 0.6) is 0 Å². The van der Waals surface area contributed by atoms with Crippen molar-refractivity contribution in [2.24, 2.45) is 0 Å². The highest BCUT2D eigenvalue weighted by molar-refractivity contribution is 5.84. The number of benzene rings is 3. The van der Waals surface area contributed by atoms with Gasteiger partial charge in [-0.3, -0.25) is 0 Å². The number of pyridine rings is 1. The van der Waals surface area contributed by atoms with Gasteiger partial charge in [0.25, 0.3) is 5.65 Å². The second-order valence-corrected chi connectivity index (χ2v) is 7.41. The van der Waals surface area contributed by atoms with E-state index in [2.05, 4.69) is 100 Å². The molecule has 2 heterocycles. The second-order valence-electron chi connectivity index (χ2n) is 6.65. The lowest BCUT2D eigenvalue weighted by Crippen LogP contribution is -2.68. The molecule has 5 rings (SSSR count). The Morgan fingerprint density at radius 2 is 1.31 bits per heavy atom. The van der Waals surface area contributed by atoms with Crippen LogP contribution < -0.4 is 23.2 Å². The molecule has 2 aromatic heterocycles. The fourth-order valence-electron chi connectivity index (χ4n) is 3.44. The highest BCUT2D eigenvalue weighted by Gasteiger charge is 2.11. The molecular formula is C22H17ClN2O4. The molecule has 29 heavy (non-hydrogen) atoms. The molecule has 0 spiro atoms. The van der Waals surface area contributed by atoms with E-state index in [0.29, 0.717) is 0 Å². The Morgan fingerprint density at radius 1 is 0.724 bits per heavy atom. The van der Waals surface area contributed by atoms with E-state index in [1.54, 1.807) is 0 Å². The molecule has 0 saturated heterocycles. The molecule has 0 amide bonds. The van der Waals surface area contributed by atoms with Crippen molar-refractivity contribution in [2.45, 2.75) is 6.54 Å². The summed E-state index contributed by atoms with van der Waals surface area (Å²) < 4.78 is 38.5. The van der Waals surface area contributed by atoms with Gasteiger partial charge >= 0.3 is 0 Å². The summed E-state index contributed by atoms with van der Waals surface area (Å²) >= 11 is 0. The number of halogens is 1. The van der Waals surface area contributed by atoms with Crippen molar-refractivity contribution in [3.8, 4) is 0 Å². The number of nitrogens with zero attached hydrogens (tertiary/aromatic N) is 2. The van der Waals surface area contributed by atoms with E-state index < -0.39 is 10.2 Å². The third-order valence-electron chi connectivity index (χ3n) is 4.69. The van der Waals surface area contributed by atoms with Gasteiger partial charge < -0.3 is 0 Å². The number of hydrogen-bond acceptors (Lipinski definition) is 4. The third-order valence-corrected chi connectivity index (χ3v) is 4.69. The van der Waals surface area contributed by atoms with Crippen molar-refractivity contribution >= 4 is 27.2 Å². The van der Waals surface area contributed by atoms with Gasteiger partial charge in [-0.05, 0) is 27.8 Å². The van der Waals surface area contributed by atoms with Crippen LogP contribution in [0.25, 0.3) is 27.2 Å². The summed E-state index contributed by atoms with van der Waals surface area (Å²) in [6.45, 7) is 0.875. The lowest BCUT2D eigenvalue weighted by atomic mass is 10.1. The SMILES string of the molecule is [O-][Cl+3]([O-])([O-])[O-].c1ccc2cc(C[n+]3ccn4cc5ccccc5cc43)ccc2c1. The summed E-state index contributed by atoms with van der Waals surface area (Å²) in [4.78, 5) is 0. The van der Waals surface area contributed by atoms with Crippen LogP contribution in [-0.2, 0) is 6.54 Å². The fourth-order valence-corrected chi connectivity index (χ4v) is 3.44. The van der Waals surface area contributed by atoms with Crippen LogP contribution in [0.2, 0.25) is 0 Å². The molecule has 0 saturated carbocycles. The van der Waals surface area contributed by atoms with E-state index in [1.807, 2.05) is 0 Å². The predicted molar refractivity (Wildman–Crippen MR) is 98.1 cm³/mol. The molecule has 0 aliphatic rings. The topological polar surface area (TPSA) is 101 Å². The van der Waals surface area contributed by atoms with Gasteiger partial charge in [0, 0.05) is 11.5 Å². The van der Waals surface area contributed by atoms with Crippen molar-refractivity contribution in [1.29, 1.82) is 0 Å². The average Bonchev–Trinajstić information content (AvgIpc) is 3.06. The smallest absolute Gasteiger partial charge is 0.226 e. The lowest BCUT2D eigenvalue weighted by Gasteiger charge is -2.17. The predicted octanol–water partition coefficient (Wildman–Crippen LogP) is -0.174. The van der Waals surface area contributed by atoms with Crippen molar-refractivity contribution < 1.29 is 33.4 Å². The molecule has 146 valence electrons. The van der Waals surface area contributed by atoms with E-state index in [1.165, 1.54) is 32.8 Å². The molecule has 0 bridgehead atoms. The van der Waals surface area contributed by atoms with Gasteiger partial charge in [-0.2, -0.15) is 0 Å². The van der Waals surface area contributed by atoms with Gasteiger partial charge in [0.2, 0.25) is 0 Å². The van der Waals surface area contributed by atoms with Crippen molar-refractivity contribution in [3.05, 3.63) is 97.0 Å². The molecule has 0 aliphatic heterocycles. The van der Waals surface area contributed by atoms with E-state index >= 15 is 0 Å². The first-order valence-corrected chi connectivity index (χ1v) is 10.1. The normalized spacial score (nSPS) is 11.6. The van der Waals surface area contributed by atoms with Gasteiger partial charge in [-0.1, -0.05) is 60.7 Å². The first-order valence-electron chi connectivity index (χ1n) is 8.85. The van der Waals surface area contributed by atoms with Gasteiger partial charge in [0.15, 0.2) is 0 Å². The summed E-state index contributed by atoms with van der Waals surface area (Å²) in [6.07, 6.45) is 6.48. The third kappa shape index (κ3) is 4.71. The van der Waals surface area contributed by atoms with Crippen LogP contribution in [0.3, 0.4) is 0 Å². The van der Waals surface area contributed by atoms with Crippen LogP contribution >= 0.6 is 0 Å². The Kier molecular flexibility index (Phi) is 5.19. The maximum Gasteiger partial charge on any atom is 0.287 e. The van der Waals surface area contributed by atoms with E-state index in [0.717, 1.165) is 6.54 Å². The van der Waals surface area contributed by atoms with E-state index in [9.17, 15) is 0 Å². The summed E-state index contributed by atoms with van der Waals surface area (Å²) in [5, 5.41) is 5.12. The minimum absolute atomic E-state index is 0.875. The fraction of sp³-hybridized carbons (Fsp3) is 0.0455. The number of rotatable bonds is 2. The second kappa shape index (κ2) is 7.79. The molecule has 0 N–H and O–H groups in total. The molecule has 0 fully saturated rings. The molecule has 5 aromatic rings. The van der Waals surface area contributed by atoms with Crippen molar-refractivity contribution in [3.63, 3.8) is 0 Å². The zero-order chi connectivity index (χ0) is 20.4. The Balaban J connectivity index is 0.000000369. The first kappa shape index (κ1) is 19.3. The van der Waals surface area contributed by atoms with Gasteiger partial charge in [0.1, 0.15) is 25.1 Å². The van der Waals surface area contributed by atoms with Crippen LogP contribution in [0.1, 0.15) is 5.56 Å². The Bertz CT molecular complexity index is 1290. The standard InChI is InChI=1S/C22H17N2.ClHO4/c1-2-6-19-13-17(9-10-18(19)5-1)15-23-11-12-24-16-21-8-4-3-7-20(21)14-22(23)24;2-1(3,4)5/h1-14,16H,15H2;(H,2,3,4,5)/q+1;/p-1. The largest absolute Gasteiger partial charge is 0.287 e. The van der Waals surface area contributed by atoms with Gasteiger partial charge in [-0.25, -0.2) is 27.6 Å². The zero-order valence-electron chi connectivity index (χ0n) is 15.3. The van der Waals surface area contributed by atoms with Gasteiger partial charge in [0.05, 0.1) is 0 Å². The van der Waals surface area contributed by atoms with E-state index in [-0.39, 0.29) is 0 Å². The molecule has 0 radical (unpaired) electrons. The number of hydrogen-bond donors (Lipinski definition) is 0.